The van der Waals surface area contributed by atoms with E-state index in [0.717, 1.165) is 19.3 Å². The number of rotatable bonds is 5. The zero-order valence-electron chi connectivity index (χ0n) is 8.34. The minimum atomic E-state index is 0.0234. The summed E-state index contributed by atoms with van der Waals surface area (Å²) in [7, 11) is 1.84. The number of nitrogens with zero attached hydrogens (tertiary/aromatic N) is 1. The number of carbonyl (C=O) groups is 1. The third-order valence-electron chi connectivity index (χ3n) is 2.16. The highest BCUT2D eigenvalue weighted by Gasteiger charge is 2.14. The van der Waals surface area contributed by atoms with E-state index in [4.69, 9.17) is 0 Å². The Kier molecular flexibility index (Phi) is 5.43. The molecule has 0 rings (SSSR count). The van der Waals surface area contributed by atoms with Gasteiger partial charge in [-0.15, -0.1) is 0 Å². The molecule has 0 aromatic carbocycles. The van der Waals surface area contributed by atoms with Gasteiger partial charge in [0, 0.05) is 13.1 Å². The maximum Gasteiger partial charge on any atom is 0.245 e. The van der Waals surface area contributed by atoms with E-state index < -0.39 is 0 Å². The van der Waals surface area contributed by atoms with Gasteiger partial charge in [-0.05, 0) is 18.9 Å². The molecule has 0 bridgehead atoms. The quantitative estimate of drug-likeness (QED) is 0.578. The van der Waals surface area contributed by atoms with Gasteiger partial charge in [-0.25, -0.2) is 0 Å². The minimum Gasteiger partial charge on any atom is -0.339 e. The lowest BCUT2D eigenvalue weighted by Gasteiger charge is -2.25. The van der Waals surface area contributed by atoms with E-state index in [1.165, 1.54) is 6.08 Å². The van der Waals surface area contributed by atoms with Crippen molar-refractivity contribution in [3.8, 4) is 0 Å². The predicted molar refractivity (Wildman–Crippen MR) is 52.0 cm³/mol. The van der Waals surface area contributed by atoms with Crippen molar-refractivity contribution in [2.75, 3.05) is 7.05 Å². The van der Waals surface area contributed by atoms with Crippen molar-refractivity contribution in [2.45, 2.75) is 39.2 Å². The van der Waals surface area contributed by atoms with E-state index in [0.29, 0.717) is 6.04 Å². The van der Waals surface area contributed by atoms with Crippen LogP contribution in [0.4, 0.5) is 0 Å². The lowest BCUT2D eigenvalue weighted by Crippen LogP contribution is -2.35. The van der Waals surface area contributed by atoms with E-state index in [9.17, 15) is 4.79 Å². The van der Waals surface area contributed by atoms with Crippen LogP contribution in [0.15, 0.2) is 12.7 Å². The van der Waals surface area contributed by atoms with Crippen molar-refractivity contribution >= 4 is 5.91 Å². The Labute approximate surface area is 75.3 Å². The van der Waals surface area contributed by atoms with Crippen LogP contribution in [0.25, 0.3) is 0 Å². The standard InChI is InChI=1S/C10H19NO/c1-5-8-9(6-2)11(4)10(12)7-3/h7,9H,3,5-6,8H2,1-2,4H3/t9-/m1/s1. The molecule has 0 saturated carbocycles. The molecular weight excluding hydrogens is 150 g/mol. The van der Waals surface area contributed by atoms with Crippen molar-refractivity contribution < 1.29 is 4.79 Å². The second kappa shape index (κ2) is 5.81. The fourth-order valence-electron chi connectivity index (χ4n) is 1.33. The van der Waals surface area contributed by atoms with Crippen LogP contribution in [0.2, 0.25) is 0 Å². The third-order valence-corrected chi connectivity index (χ3v) is 2.16. The number of hydrogen-bond donors (Lipinski definition) is 0. The summed E-state index contributed by atoms with van der Waals surface area (Å²) in [6, 6.07) is 0.375. The Morgan fingerprint density at radius 3 is 2.50 bits per heavy atom. The summed E-state index contributed by atoms with van der Waals surface area (Å²) < 4.78 is 0. The van der Waals surface area contributed by atoms with Gasteiger partial charge in [0.15, 0.2) is 0 Å². The summed E-state index contributed by atoms with van der Waals surface area (Å²) in [5.41, 5.74) is 0. The first-order chi connectivity index (χ1) is 5.67. The van der Waals surface area contributed by atoms with E-state index in [2.05, 4.69) is 20.4 Å². The zero-order valence-corrected chi connectivity index (χ0v) is 8.34. The second-order valence-electron chi connectivity index (χ2n) is 3.00. The van der Waals surface area contributed by atoms with Crippen LogP contribution in [-0.4, -0.2) is 23.9 Å². The molecule has 1 amide bonds. The first-order valence-electron chi connectivity index (χ1n) is 4.56. The Balaban J connectivity index is 4.09. The molecule has 1 atom stereocenters. The molecule has 2 nitrogen and oxygen atoms in total. The van der Waals surface area contributed by atoms with E-state index >= 15 is 0 Å². The molecule has 0 aliphatic heterocycles. The molecule has 0 aromatic rings. The third kappa shape index (κ3) is 3.07. The Hall–Kier alpha value is -0.790. The summed E-state index contributed by atoms with van der Waals surface area (Å²) in [4.78, 5) is 13.0. The van der Waals surface area contributed by atoms with Gasteiger partial charge in [-0.1, -0.05) is 26.8 Å². The van der Waals surface area contributed by atoms with Gasteiger partial charge < -0.3 is 4.90 Å². The second-order valence-corrected chi connectivity index (χ2v) is 3.00. The van der Waals surface area contributed by atoms with E-state index in [1.54, 1.807) is 4.90 Å². The molecule has 0 unspecified atom stereocenters. The van der Waals surface area contributed by atoms with Gasteiger partial charge in [-0.3, -0.25) is 4.79 Å². The number of amides is 1. The van der Waals surface area contributed by atoms with Gasteiger partial charge in [-0.2, -0.15) is 0 Å². The molecule has 0 aliphatic rings. The van der Waals surface area contributed by atoms with Crippen LogP contribution in [0.3, 0.4) is 0 Å². The number of likely N-dealkylation sites (N-methyl/N-ethyl adjacent to an activating group) is 1. The minimum absolute atomic E-state index is 0.0234. The molecule has 0 spiro atoms. The van der Waals surface area contributed by atoms with Gasteiger partial charge in [0.05, 0.1) is 0 Å². The van der Waals surface area contributed by atoms with Crippen molar-refractivity contribution in [1.29, 1.82) is 0 Å². The number of carbonyl (C=O) groups excluding carboxylic acids is 1. The molecule has 0 aliphatic carbocycles. The summed E-state index contributed by atoms with van der Waals surface area (Å²) >= 11 is 0. The smallest absolute Gasteiger partial charge is 0.245 e. The Morgan fingerprint density at radius 1 is 1.58 bits per heavy atom. The molecule has 70 valence electrons. The fourth-order valence-corrected chi connectivity index (χ4v) is 1.33. The molecule has 12 heavy (non-hydrogen) atoms. The summed E-state index contributed by atoms with van der Waals surface area (Å²) in [5, 5.41) is 0. The molecule has 0 fully saturated rings. The van der Waals surface area contributed by atoms with Crippen LogP contribution >= 0.6 is 0 Å². The normalized spacial score (nSPS) is 12.2. The summed E-state index contributed by atoms with van der Waals surface area (Å²) in [6.45, 7) is 7.71. The lowest BCUT2D eigenvalue weighted by atomic mass is 10.1. The Morgan fingerprint density at radius 2 is 2.17 bits per heavy atom. The largest absolute Gasteiger partial charge is 0.339 e. The molecule has 0 aromatic heterocycles. The fraction of sp³-hybridized carbons (Fsp3) is 0.700. The first-order valence-corrected chi connectivity index (χ1v) is 4.56. The highest BCUT2D eigenvalue weighted by atomic mass is 16.2. The highest BCUT2D eigenvalue weighted by Crippen LogP contribution is 2.08. The molecule has 2 heteroatoms. The highest BCUT2D eigenvalue weighted by molar-refractivity contribution is 5.86. The van der Waals surface area contributed by atoms with Gasteiger partial charge in [0.1, 0.15) is 0 Å². The number of hydrogen-bond acceptors (Lipinski definition) is 1. The molecule has 0 saturated heterocycles. The first kappa shape index (κ1) is 11.2. The van der Waals surface area contributed by atoms with Crippen LogP contribution in [0.5, 0.6) is 0 Å². The van der Waals surface area contributed by atoms with Crippen LogP contribution in [-0.2, 0) is 4.79 Å². The molecule has 0 radical (unpaired) electrons. The van der Waals surface area contributed by atoms with Crippen LogP contribution in [0.1, 0.15) is 33.1 Å². The summed E-state index contributed by atoms with van der Waals surface area (Å²) in [6.07, 6.45) is 4.59. The summed E-state index contributed by atoms with van der Waals surface area (Å²) in [5.74, 6) is 0.0234. The molecule has 0 heterocycles. The zero-order chi connectivity index (χ0) is 9.56. The van der Waals surface area contributed by atoms with Crippen LogP contribution in [0, 0.1) is 0 Å². The lowest BCUT2D eigenvalue weighted by molar-refractivity contribution is -0.126. The topological polar surface area (TPSA) is 20.3 Å². The monoisotopic (exact) mass is 169 g/mol. The molecular formula is C10H19NO. The average Bonchev–Trinajstić information content (AvgIpc) is 2.11. The van der Waals surface area contributed by atoms with Crippen molar-refractivity contribution in [2.24, 2.45) is 0 Å². The van der Waals surface area contributed by atoms with Gasteiger partial charge >= 0.3 is 0 Å². The maximum absolute atomic E-state index is 11.2. The van der Waals surface area contributed by atoms with Gasteiger partial charge in [0.25, 0.3) is 0 Å². The maximum atomic E-state index is 11.2. The van der Waals surface area contributed by atoms with E-state index in [1.807, 2.05) is 7.05 Å². The van der Waals surface area contributed by atoms with Crippen molar-refractivity contribution in [3.05, 3.63) is 12.7 Å². The van der Waals surface area contributed by atoms with Crippen molar-refractivity contribution in [1.82, 2.24) is 4.90 Å². The average molecular weight is 169 g/mol. The molecule has 0 N–H and O–H groups in total. The van der Waals surface area contributed by atoms with Crippen molar-refractivity contribution in [3.63, 3.8) is 0 Å². The predicted octanol–water partition coefficient (Wildman–Crippen LogP) is 2.21. The SMILES string of the molecule is C=CC(=O)N(C)[C@H](CC)CCC. The Bertz CT molecular complexity index is 154. The van der Waals surface area contributed by atoms with Gasteiger partial charge in [0.2, 0.25) is 5.91 Å². The van der Waals surface area contributed by atoms with Crippen LogP contribution < -0.4 is 0 Å². The van der Waals surface area contributed by atoms with E-state index in [-0.39, 0.29) is 5.91 Å².